The molecule has 0 saturated carbocycles. The van der Waals surface area contributed by atoms with Crippen LogP contribution in [0.5, 0.6) is 0 Å². The summed E-state index contributed by atoms with van der Waals surface area (Å²) in [6.45, 7) is 6.08. The zero-order chi connectivity index (χ0) is 16.9. The Morgan fingerprint density at radius 3 is 2.88 bits per heavy atom. The Morgan fingerprint density at radius 2 is 2.12 bits per heavy atom. The minimum atomic E-state index is 0.506. The summed E-state index contributed by atoms with van der Waals surface area (Å²) in [4.78, 5) is 2.31. The SMILES string of the molecule is Cc1cc2n(n1)C[C@H](CNC[C@H](Cc1ccccc1)N(C)C)CN2. The molecule has 2 heterocycles. The molecule has 2 atom stereocenters. The van der Waals surface area contributed by atoms with Crippen molar-refractivity contribution in [3.05, 3.63) is 47.7 Å². The molecule has 0 spiro atoms. The lowest BCUT2D eigenvalue weighted by atomic mass is 10.0. The summed E-state index contributed by atoms with van der Waals surface area (Å²) >= 11 is 0. The quantitative estimate of drug-likeness (QED) is 0.816. The number of likely N-dealkylation sites (N-methyl/N-ethyl adjacent to an activating group) is 1. The fourth-order valence-electron chi connectivity index (χ4n) is 3.30. The summed E-state index contributed by atoms with van der Waals surface area (Å²) in [6.07, 6.45) is 1.08. The second-order valence-electron chi connectivity index (χ2n) is 7.07. The summed E-state index contributed by atoms with van der Waals surface area (Å²) in [6, 6.07) is 13.4. The van der Waals surface area contributed by atoms with Gasteiger partial charge in [0, 0.05) is 44.2 Å². The summed E-state index contributed by atoms with van der Waals surface area (Å²) in [5.74, 6) is 1.73. The molecule has 0 unspecified atom stereocenters. The van der Waals surface area contributed by atoms with E-state index >= 15 is 0 Å². The van der Waals surface area contributed by atoms with E-state index in [1.165, 1.54) is 5.56 Å². The molecule has 0 aliphatic carbocycles. The number of nitrogens with zero attached hydrogens (tertiary/aromatic N) is 3. The first-order chi connectivity index (χ1) is 11.6. The first kappa shape index (κ1) is 17.0. The minimum absolute atomic E-state index is 0.506. The number of anilines is 1. The van der Waals surface area contributed by atoms with Gasteiger partial charge in [-0.25, -0.2) is 4.68 Å². The molecule has 2 aromatic rings. The van der Waals surface area contributed by atoms with Gasteiger partial charge in [0.1, 0.15) is 5.82 Å². The molecule has 3 rings (SSSR count). The van der Waals surface area contributed by atoms with Crippen LogP contribution < -0.4 is 10.6 Å². The molecular weight excluding hydrogens is 298 g/mol. The molecule has 0 saturated heterocycles. The van der Waals surface area contributed by atoms with Crippen molar-refractivity contribution >= 4 is 5.82 Å². The maximum Gasteiger partial charge on any atom is 0.124 e. The van der Waals surface area contributed by atoms with Gasteiger partial charge in [0.15, 0.2) is 0 Å². The average molecular weight is 327 g/mol. The van der Waals surface area contributed by atoms with Gasteiger partial charge >= 0.3 is 0 Å². The van der Waals surface area contributed by atoms with Crippen LogP contribution in [0.1, 0.15) is 11.3 Å². The zero-order valence-electron chi connectivity index (χ0n) is 15.0. The van der Waals surface area contributed by atoms with Crippen molar-refractivity contribution in [3.8, 4) is 0 Å². The number of aryl methyl sites for hydroxylation is 1. The Labute approximate surface area is 145 Å². The van der Waals surface area contributed by atoms with Crippen molar-refractivity contribution in [1.29, 1.82) is 0 Å². The van der Waals surface area contributed by atoms with Crippen molar-refractivity contribution < 1.29 is 0 Å². The highest BCUT2D eigenvalue weighted by molar-refractivity contribution is 5.38. The molecule has 5 nitrogen and oxygen atoms in total. The van der Waals surface area contributed by atoms with Crippen molar-refractivity contribution in [2.45, 2.75) is 25.9 Å². The van der Waals surface area contributed by atoms with Gasteiger partial charge in [0.25, 0.3) is 0 Å². The largest absolute Gasteiger partial charge is 0.370 e. The van der Waals surface area contributed by atoms with Gasteiger partial charge in [-0.3, -0.25) is 0 Å². The van der Waals surface area contributed by atoms with E-state index in [0.717, 1.165) is 44.1 Å². The number of nitrogens with one attached hydrogen (secondary N) is 2. The van der Waals surface area contributed by atoms with E-state index < -0.39 is 0 Å². The van der Waals surface area contributed by atoms with Crippen LogP contribution in [0.3, 0.4) is 0 Å². The van der Waals surface area contributed by atoms with Crippen molar-refractivity contribution in [1.82, 2.24) is 20.0 Å². The van der Waals surface area contributed by atoms with Crippen LogP contribution in [-0.2, 0) is 13.0 Å². The van der Waals surface area contributed by atoms with E-state index in [1.807, 2.05) is 6.92 Å². The van der Waals surface area contributed by atoms with Crippen molar-refractivity contribution in [2.75, 3.05) is 39.0 Å². The van der Waals surface area contributed by atoms with Crippen LogP contribution in [0.2, 0.25) is 0 Å². The molecule has 1 aromatic heterocycles. The molecule has 0 fully saturated rings. The fourth-order valence-corrected chi connectivity index (χ4v) is 3.30. The Balaban J connectivity index is 1.47. The molecule has 5 heteroatoms. The van der Waals surface area contributed by atoms with E-state index in [4.69, 9.17) is 0 Å². The van der Waals surface area contributed by atoms with E-state index in [2.05, 4.69) is 75.8 Å². The van der Waals surface area contributed by atoms with E-state index in [9.17, 15) is 0 Å². The van der Waals surface area contributed by atoms with Crippen LogP contribution in [0.15, 0.2) is 36.4 Å². The van der Waals surface area contributed by atoms with Crippen LogP contribution >= 0.6 is 0 Å². The van der Waals surface area contributed by atoms with Gasteiger partial charge in [-0.2, -0.15) is 5.10 Å². The van der Waals surface area contributed by atoms with Crippen molar-refractivity contribution in [3.63, 3.8) is 0 Å². The predicted octanol–water partition coefficient (Wildman–Crippen LogP) is 2.00. The van der Waals surface area contributed by atoms with Gasteiger partial charge in [-0.1, -0.05) is 30.3 Å². The Hall–Kier alpha value is -1.85. The molecule has 0 radical (unpaired) electrons. The maximum atomic E-state index is 4.55. The second kappa shape index (κ2) is 7.81. The first-order valence-corrected chi connectivity index (χ1v) is 8.81. The smallest absolute Gasteiger partial charge is 0.124 e. The Bertz CT molecular complexity index is 634. The Morgan fingerprint density at radius 1 is 1.33 bits per heavy atom. The second-order valence-corrected chi connectivity index (χ2v) is 7.07. The molecular formula is C19H29N5. The molecule has 2 N–H and O–H groups in total. The summed E-state index contributed by atoms with van der Waals surface area (Å²) in [7, 11) is 4.33. The standard InChI is InChI=1S/C19H29N5/c1-15-9-19-21-12-17(14-24(19)22-15)11-20-13-18(23(2)3)10-16-7-5-4-6-8-16/h4-9,17-18,20-21H,10-14H2,1-3H3/t17-,18+/m1/s1. The number of hydrogen-bond acceptors (Lipinski definition) is 4. The van der Waals surface area contributed by atoms with Gasteiger partial charge in [-0.15, -0.1) is 0 Å². The summed E-state index contributed by atoms with van der Waals surface area (Å²) < 4.78 is 2.10. The lowest BCUT2D eigenvalue weighted by Crippen LogP contribution is -2.43. The van der Waals surface area contributed by atoms with Crippen LogP contribution in [0, 0.1) is 12.8 Å². The van der Waals surface area contributed by atoms with Crippen molar-refractivity contribution in [2.24, 2.45) is 5.92 Å². The highest BCUT2D eigenvalue weighted by Gasteiger charge is 2.19. The van der Waals surface area contributed by atoms with Crippen LogP contribution in [0.25, 0.3) is 0 Å². The third-order valence-corrected chi connectivity index (χ3v) is 4.76. The van der Waals surface area contributed by atoms with Crippen LogP contribution in [-0.4, -0.2) is 54.5 Å². The third kappa shape index (κ3) is 4.36. The fraction of sp³-hybridized carbons (Fsp3) is 0.526. The first-order valence-electron chi connectivity index (χ1n) is 8.81. The number of aromatic nitrogens is 2. The molecule has 1 aliphatic heterocycles. The molecule has 1 aromatic carbocycles. The summed E-state index contributed by atoms with van der Waals surface area (Å²) in [5.41, 5.74) is 2.48. The molecule has 130 valence electrons. The number of rotatable bonds is 7. The lowest BCUT2D eigenvalue weighted by Gasteiger charge is -2.28. The van der Waals surface area contributed by atoms with Gasteiger partial charge in [-0.05, 0) is 33.0 Å². The minimum Gasteiger partial charge on any atom is -0.370 e. The van der Waals surface area contributed by atoms with Gasteiger partial charge in [0.05, 0.1) is 5.69 Å². The van der Waals surface area contributed by atoms with E-state index in [1.54, 1.807) is 0 Å². The van der Waals surface area contributed by atoms with E-state index in [-0.39, 0.29) is 0 Å². The zero-order valence-corrected chi connectivity index (χ0v) is 15.0. The van der Waals surface area contributed by atoms with Gasteiger partial charge < -0.3 is 15.5 Å². The molecule has 0 amide bonds. The lowest BCUT2D eigenvalue weighted by molar-refractivity contribution is 0.273. The van der Waals surface area contributed by atoms with Crippen LogP contribution in [0.4, 0.5) is 5.82 Å². The summed E-state index contributed by atoms with van der Waals surface area (Å²) in [5, 5.41) is 11.7. The molecule has 24 heavy (non-hydrogen) atoms. The highest BCUT2D eigenvalue weighted by atomic mass is 15.3. The number of fused-ring (bicyclic) bond motifs is 1. The number of benzene rings is 1. The predicted molar refractivity (Wildman–Crippen MR) is 99.4 cm³/mol. The highest BCUT2D eigenvalue weighted by Crippen LogP contribution is 2.18. The normalized spacial score (nSPS) is 18.2. The average Bonchev–Trinajstić information content (AvgIpc) is 2.94. The third-order valence-electron chi connectivity index (χ3n) is 4.76. The topological polar surface area (TPSA) is 45.1 Å². The molecule has 1 aliphatic rings. The Kier molecular flexibility index (Phi) is 5.53. The number of hydrogen-bond donors (Lipinski definition) is 2. The van der Waals surface area contributed by atoms with E-state index in [0.29, 0.717) is 12.0 Å². The molecule has 0 bridgehead atoms. The maximum absolute atomic E-state index is 4.55. The van der Waals surface area contributed by atoms with Gasteiger partial charge in [0.2, 0.25) is 0 Å². The monoisotopic (exact) mass is 327 g/mol.